The second-order valence-electron chi connectivity index (χ2n) is 12.8. The van der Waals surface area contributed by atoms with Crippen molar-refractivity contribution < 1.29 is 0 Å². The highest BCUT2D eigenvalue weighted by molar-refractivity contribution is 6.33. The Morgan fingerprint density at radius 2 is 0.542 bits per heavy atom. The Balaban J connectivity index is 1.22. The highest BCUT2D eigenvalue weighted by Crippen LogP contribution is 2.45. The monoisotopic (exact) mass is 606 g/mol. The van der Waals surface area contributed by atoms with Crippen molar-refractivity contribution in [2.24, 2.45) is 0 Å². The van der Waals surface area contributed by atoms with Gasteiger partial charge in [-0.1, -0.05) is 176 Å². The van der Waals surface area contributed by atoms with E-state index in [9.17, 15) is 0 Å². The average Bonchev–Trinajstić information content (AvgIpc) is 3.17. The first-order valence-corrected chi connectivity index (χ1v) is 16.7. The minimum absolute atomic E-state index is 1.23. The second-order valence-corrected chi connectivity index (χ2v) is 12.8. The molecule has 0 nitrogen and oxygen atoms in total. The smallest absolute Gasteiger partial charge is 0.00199 e. The summed E-state index contributed by atoms with van der Waals surface area (Å²) in [5.74, 6) is 0. The predicted molar refractivity (Wildman–Crippen MR) is 208 cm³/mol. The maximum absolute atomic E-state index is 2.43. The van der Waals surface area contributed by atoms with Crippen molar-refractivity contribution in [3.05, 3.63) is 182 Å². The van der Waals surface area contributed by atoms with E-state index in [0.717, 1.165) is 0 Å². The first-order valence-electron chi connectivity index (χ1n) is 16.7. The molecule has 0 amide bonds. The third kappa shape index (κ3) is 3.96. The van der Waals surface area contributed by atoms with Gasteiger partial charge >= 0.3 is 0 Å². The molecule has 10 aromatic rings. The zero-order valence-corrected chi connectivity index (χ0v) is 26.3. The number of hydrogen-bond acceptors (Lipinski definition) is 0. The van der Waals surface area contributed by atoms with E-state index in [1.807, 2.05) is 0 Å². The van der Waals surface area contributed by atoms with Crippen molar-refractivity contribution in [3.8, 4) is 33.4 Å². The normalized spacial score (nSPS) is 11.8. The Labute approximate surface area is 279 Å². The topological polar surface area (TPSA) is 0 Å². The maximum atomic E-state index is 2.43. The molecule has 0 heterocycles. The highest BCUT2D eigenvalue weighted by atomic mass is 14.2. The van der Waals surface area contributed by atoms with Gasteiger partial charge in [-0.05, 0) is 104 Å². The Morgan fingerprint density at radius 1 is 0.208 bits per heavy atom. The first kappa shape index (κ1) is 26.9. The molecule has 0 N–H and O–H groups in total. The lowest BCUT2D eigenvalue weighted by Crippen LogP contribution is -1.91. The standard InChI is InChI=1S/C48H30/c1-2-14-32(15-3-1)46-40-22-10-12-24-42(40)47(43-25-13-11-23-41(43)46)33-28-26-31(27-29-33)44-30-45-36-18-5-4-16-34(36)35-17-6-8-20-38(35)48(45)39-21-9-7-19-37(39)44/h1-30H. The molecule has 0 aliphatic rings. The molecule has 10 rings (SSSR count). The summed E-state index contributed by atoms with van der Waals surface area (Å²) >= 11 is 0. The van der Waals surface area contributed by atoms with Crippen LogP contribution in [0, 0.1) is 0 Å². The lowest BCUT2D eigenvalue weighted by molar-refractivity contribution is 1.64. The van der Waals surface area contributed by atoms with Crippen LogP contribution in [0.3, 0.4) is 0 Å². The summed E-state index contributed by atoms with van der Waals surface area (Å²) in [5, 5.41) is 15.5. The molecule has 0 fully saturated rings. The average molecular weight is 607 g/mol. The van der Waals surface area contributed by atoms with Crippen molar-refractivity contribution in [2.75, 3.05) is 0 Å². The summed E-state index contributed by atoms with van der Waals surface area (Å²) in [7, 11) is 0. The van der Waals surface area contributed by atoms with Gasteiger partial charge in [-0.3, -0.25) is 0 Å². The predicted octanol–water partition coefficient (Wildman–Crippen LogP) is 13.6. The van der Waals surface area contributed by atoms with Crippen molar-refractivity contribution in [2.45, 2.75) is 0 Å². The van der Waals surface area contributed by atoms with Crippen LogP contribution in [0.2, 0.25) is 0 Å². The van der Waals surface area contributed by atoms with Gasteiger partial charge in [0.05, 0.1) is 0 Å². The van der Waals surface area contributed by atoms with Crippen LogP contribution in [0.15, 0.2) is 182 Å². The largest absolute Gasteiger partial charge is 0.0622 e. The molecule has 0 unspecified atom stereocenters. The molecule has 0 atom stereocenters. The summed E-state index contributed by atoms with van der Waals surface area (Å²) in [6.07, 6.45) is 0. The maximum Gasteiger partial charge on any atom is -0.00199 e. The quantitative estimate of drug-likeness (QED) is 0.139. The van der Waals surface area contributed by atoms with Crippen molar-refractivity contribution >= 4 is 64.6 Å². The fourth-order valence-corrected chi connectivity index (χ4v) is 8.18. The third-order valence-corrected chi connectivity index (χ3v) is 10.2. The van der Waals surface area contributed by atoms with Gasteiger partial charge in [-0.25, -0.2) is 0 Å². The Morgan fingerprint density at radius 3 is 1.06 bits per heavy atom. The SMILES string of the molecule is c1ccc(-c2c3ccccc3c(-c3ccc(-c4cc5c6ccccc6c6ccccc6c5c5ccccc45)cc3)c3ccccc23)cc1. The Bertz CT molecular complexity index is 2800. The van der Waals surface area contributed by atoms with Crippen LogP contribution in [0.25, 0.3) is 98.0 Å². The van der Waals surface area contributed by atoms with E-state index >= 15 is 0 Å². The van der Waals surface area contributed by atoms with E-state index in [2.05, 4.69) is 182 Å². The van der Waals surface area contributed by atoms with Crippen LogP contribution >= 0.6 is 0 Å². The van der Waals surface area contributed by atoms with Crippen LogP contribution in [0.4, 0.5) is 0 Å². The lowest BCUT2D eigenvalue weighted by atomic mass is 9.85. The molecule has 222 valence electrons. The molecule has 0 radical (unpaired) electrons. The molecule has 0 aliphatic carbocycles. The van der Waals surface area contributed by atoms with E-state index in [1.165, 1.54) is 98.0 Å². The summed E-state index contributed by atoms with van der Waals surface area (Å²) in [5.41, 5.74) is 7.54. The van der Waals surface area contributed by atoms with E-state index in [-0.39, 0.29) is 0 Å². The van der Waals surface area contributed by atoms with Crippen molar-refractivity contribution in [1.82, 2.24) is 0 Å². The fourth-order valence-electron chi connectivity index (χ4n) is 8.18. The van der Waals surface area contributed by atoms with Crippen LogP contribution < -0.4 is 0 Å². The molecular formula is C48H30. The van der Waals surface area contributed by atoms with Gasteiger partial charge in [0, 0.05) is 0 Å². The fraction of sp³-hybridized carbons (Fsp3) is 0. The van der Waals surface area contributed by atoms with Gasteiger partial charge in [0.25, 0.3) is 0 Å². The summed E-state index contributed by atoms with van der Waals surface area (Å²) < 4.78 is 0. The molecule has 48 heavy (non-hydrogen) atoms. The molecule has 0 saturated heterocycles. The van der Waals surface area contributed by atoms with Gasteiger partial charge in [-0.2, -0.15) is 0 Å². The number of rotatable bonds is 3. The van der Waals surface area contributed by atoms with Crippen molar-refractivity contribution in [1.29, 1.82) is 0 Å². The number of benzene rings is 10. The summed E-state index contributed by atoms with van der Waals surface area (Å²) in [6, 6.07) is 66.9. The molecule has 0 aliphatic heterocycles. The minimum Gasteiger partial charge on any atom is -0.0622 e. The van der Waals surface area contributed by atoms with Gasteiger partial charge in [0.1, 0.15) is 0 Å². The Hall–Kier alpha value is -6.24. The number of hydrogen-bond donors (Lipinski definition) is 0. The van der Waals surface area contributed by atoms with Gasteiger partial charge in [0.15, 0.2) is 0 Å². The molecule has 0 heteroatoms. The first-order chi connectivity index (χ1) is 23.8. The zero-order chi connectivity index (χ0) is 31.6. The third-order valence-electron chi connectivity index (χ3n) is 10.2. The highest BCUT2D eigenvalue weighted by Gasteiger charge is 2.18. The molecule has 0 aromatic heterocycles. The van der Waals surface area contributed by atoms with E-state index in [0.29, 0.717) is 0 Å². The molecule has 10 aromatic carbocycles. The van der Waals surface area contributed by atoms with Gasteiger partial charge in [0.2, 0.25) is 0 Å². The van der Waals surface area contributed by atoms with Gasteiger partial charge in [-0.15, -0.1) is 0 Å². The summed E-state index contributed by atoms with van der Waals surface area (Å²) in [6.45, 7) is 0. The van der Waals surface area contributed by atoms with Crippen molar-refractivity contribution in [3.63, 3.8) is 0 Å². The van der Waals surface area contributed by atoms with E-state index in [1.54, 1.807) is 0 Å². The molecule has 0 saturated carbocycles. The van der Waals surface area contributed by atoms with Crippen LogP contribution in [0.1, 0.15) is 0 Å². The van der Waals surface area contributed by atoms with Crippen LogP contribution in [-0.4, -0.2) is 0 Å². The second kappa shape index (κ2) is 10.7. The van der Waals surface area contributed by atoms with Crippen LogP contribution in [-0.2, 0) is 0 Å². The molecular weight excluding hydrogens is 577 g/mol. The lowest BCUT2D eigenvalue weighted by Gasteiger charge is -2.18. The number of fused-ring (bicyclic) bond motifs is 10. The Kier molecular flexibility index (Phi) is 5.98. The van der Waals surface area contributed by atoms with Crippen LogP contribution in [0.5, 0.6) is 0 Å². The molecule has 0 spiro atoms. The van der Waals surface area contributed by atoms with E-state index < -0.39 is 0 Å². The van der Waals surface area contributed by atoms with Gasteiger partial charge < -0.3 is 0 Å². The summed E-state index contributed by atoms with van der Waals surface area (Å²) in [4.78, 5) is 0. The zero-order valence-electron chi connectivity index (χ0n) is 26.3. The molecule has 0 bridgehead atoms. The van der Waals surface area contributed by atoms with E-state index in [4.69, 9.17) is 0 Å². The minimum atomic E-state index is 1.23.